The first-order valence-corrected chi connectivity index (χ1v) is 6.87. The Kier molecular flexibility index (Phi) is 4.17. The van der Waals surface area contributed by atoms with Crippen LogP contribution in [0.2, 0.25) is 0 Å². The van der Waals surface area contributed by atoms with E-state index in [1.54, 1.807) is 12.1 Å². The fraction of sp³-hybridized carbons (Fsp3) is 0.538. The van der Waals surface area contributed by atoms with Crippen LogP contribution in [0.5, 0.6) is 0 Å². The molecule has 2 nitrogen and oxygen atoms in total. The monoisotopic (exact) mass is 300 g/mol. The molecule has 1 aliphatic rings. The van der Waals surface area contributed by atoms with Crippen LogP contribution >= 0.6 is 15.9 Å². The van der Waals surface area contributed by atoms with Crippen molar-refractivity contribution >= 4 is 15.9 Å². The van der Waals surface area contributed by atoms with Crippen molar-refractivity contribution in [3.8, 4) is 0 Å². The second-order valence-electron chi connectivity index (χ2n) is 4.49. The molecule has 0 bridgehead atoms. The van der Waals surface area contributed by atoms with Crippen molar-refractivity contribution in [2.24, 2.45) is 5.73 Å². The first kappa shape index (κ1) is 13.0. The van der Waals surface area contributed by atoms with Gasteiger partial charge in [0.05, 0.1) is 4.47 Å². The van der Waals surface area contributed by atoms with E-state index in [4.69, 9.17) is 5.73 Å². The lowest BCUT2D eigenvalue weighted by Crippen LogP contribution is -2.35. The molecule has 0 amide bonds. The summed E-state index contributed by atoms with van der Waals surface area (Å²) in [5, 5.41) is 0. The molecule has 1 unspecified atom stereocenters. The summed E-state index contributed by atoms with van der Waals surface area (Å²) in [6.07, 6.45) is 2.48. The Bertz CT molecular complexity index is 393. The number of halogens is 2. The van der Waals surface area contributed by atoms with Crippen molar-refractivity contribution in [3.05, 3.63) is 34.1 Å². The van der Waals surface area contributed by atoms with Crippen LogP contribution in [0.1, 0.15) is 31.4 Å². The highest BCUT2D eigenvalue weighted by molar-refractivity contribution is 9.10. The Morgan fingerprint density at radius 2 is 2.24 bits per heavy atom. The molecule has 1 saturated carbocycles. The van der Waals surface area contributed by atoms with Crippen molar-refractivity contribution in [2.75, 3.05) is 13.1 Å². The predicted molar refractivity (Wildman–Crippen MR) is 71.3 cm³/mol. The lowest BCUT2D eigenvalue weighted by Gasteiger charge is -2.30. The first-order chi connectivity index (χ1) is 8.17. The van der Waals surface area contributed by atoms with Gasteiger partial charge in [0, 0.05) is 18.6 Å². The van der Waals surface area contributed by atoms with Crippen molar-refractivity contribution in [1.29, 1.82) is 0 Å². The van der Waals surface area contributed by atoms with Gasteiger partial charge in [-0.2, -0.15) is 0 Å². The zero-order valence-electron chi connectivity index (χ0n) is 10.00. The van der Waals surface area contributed by atoms with Gasteiger partial charge in [-0.05, 0) is 53.0 Å². The van der Waals surface area contributed by atoms with Gasteiger partial charge in [0.2, 0.25) is 0 Å². The van der Waals surface area contributed by atoms with Gasteiger partial charge in [-0.15, -0.1) is 0 Å². The molecule has 1 aliphatic carbocycles. The second-order valence-corrected chi connectivity index (χ2v) is 5.34. The standard InChI is InChI=1S/C13H18BrFN2/c1-2-17(10-4-5-10)13(8-16)9-3-6-11(14)12(15)7-9/h3,6-7,10,13H,2,4-5,8,16H2,1H3. The van der Waals surface area contributed by atoms with E-state index < -0.39 is 0 Å². The summed E-state index contributed by atoms with van der Waals surface area (Å²) < 4.78 is 14.1. The number of benzene rings is 1. The minimum absolute atomic E-state index is 0.134. The Hall–Kier alpha value is -0.450. The molecule has 17 heavy (non-hydrogen) atoms. The summed E-state index contributed by atoms with van der Waals surface area (Å²) in [5.74, 6) is -0.215. The largest absolute Gasteiger partial charge is 0.329 e. The van der Waals surface area contributed by atoms with Crippen molar-refractivity contribution in [2.45, 2.75) is 31.8 Å². The van der Waals surface area contributed by atoms with Crippen LogP contribution in [-0.4, -0.2) is 24.0 Å². The van der Waals surface area contributed by atoms with E-state index in [0.717, 1.165) is 12.1 Å². The van der Waals surface area contributed by atoms with Crippen LogP contribution in [0.3, 0.4) is 0 Å². The third kappa shape index (κ3) is 2.87. The molecule has 0 radical (unpaired) electrons. The molecule has 1 aromatic rings. The molecular formula is C13H18BrFN2. The van der Waals surface area contributed by atoms with Gasteiger partial charge in [0.25, 0.3) is 0 Å². The zero-order chi connectivity index (χ0) is 12.4. The van der Waals surface area contributed by atoms with Crippen LogP contribution in [0, 0.1) is 5.82 Å². The Balaban J connectivity index is 2.23. The van der Waals surface area contributed by atoms with E-state index in [2.05, 4.69) is 27.8 Å². The molecule has 0 heterocycles. The average molecular weight is 301 g/mol. The van der Waals surface area contributed by atoms with E-state index in [1.165, 1.54) is 12.8 Å². The molecule has 1 fully saturated rings. The second kappa shape index (κ2) is 5.46. The quantitative estimate of drug-likeness (QED) is 0.905. The summed E-state index contributed by atoms with van der Waals surface area (Å²) in [6.45, 7) is 3.63. The van der Waals surface area contributed by atoms with Gasteiger partial charge in [0.1, 0.15) is 5.82 Å². The van der Waals surface area contributed by atoms with Crippen LogP contribution in [0.25, 0.3) is 0 Å². The molecule has 94 valence electrons. The third-order valence-corrected chi connectivity index (χ3v) is 3.98. The summed E-state index contributed by atoms with van der Waals surface area (Å²) in [4.78, 5) is 2.38. The minimum Gasteiger partial charge on any atom is -0.329 e. The number of nitrogens with two attached hydrogens (primary N) is 1. The fourth-order valence-electron chi connectivity index (χ4n) is 2.32. The smallest absolute Gasteiger partial charge is 0.137 e. The fourth-order valence-corrected chi connectivity index (χ4v) is 2.57. The van der Waals surface area contributed by atoms with E-state index in [1.807, 2.05) is 6.07 Å². The van der Waals surface area contributed by atoms with E-state index in [9.17, 15) is 4.39 Å². The SMILES string of the molecule is CCN(C1CC1)C(CN)c1ccc(Br)c(F)c1. The van der Waals surface area contributed by atoms with E-state index in [0.29, 0.717) is 17.1 Å². The number of hydrogen-bond acceptors (Lipinski definition) is 2. The Morgan fingerprint density at radius 3 is 2.71 bits per heavy atom. The zero-order valence-corrected chi connectivity index (χ0v) is 11.6. The summed E-state index contributed by atoms with van der Waals surface area (Å²) in [7, 11) is 0. The van der Waals surface area contributed by atoms with Gasteiger partial charge in [-0.25, -0.2) is 4.39 Å². The van der Waals surface area contributed by atoms with Crippen LogP contribution < -0.4 is 5.73 Å². The average Bonchev–Trinajstić information content (AvgIpc) is 3.14. The molecule has 0 aromatic heterocycles. The lowest BCUT2D eigenvalue weighted by molar-refractivity contribution is 0.201. The number of hydrogen-bond donors (Lipinski definition) is 1. The Labute approximate surface area is 110 Å². The number of nitrogens with zero attached hydrogens (tertiary/aromatic N) is 1. The molecule has 1 aromatic carbocycles. The predicted octanol–water partition coefficient (Wildman–Crippen LogP) is 3.07. The first-order valence-electron chi connectivity index (χ1n) is 6.08. The number of rotatable bonds is 5. The van der Waals surface area contributed by atoms with Gasteiger partial charge < -0.3 is 5.73 Å². The summed E-state index contributed by atoms with van der Waals surface area (Å²) in [5.41, 5.74) is 6.83. The van der Waals surface area contributed by atoms with Crippen LogP contribution in [0.4, 0.5) is 4.39 Å². The highest BCUT2D eigenvalue weighted by Crippen LogP contribution is 2.34. The van der Waals surface area contributed by atoms with Crippen LogP contribution in [0.15, 0.2) is 22.7 Å². The van der Waals surface area contributed by atoms with Crippen molar-refractivity contribution < 1.29 is 4.39 Å². The highest BCUT2D eigenvalue weighted by Gasteiger charge is 2.33. The molecule has 2 N–H and O–H groups in total. The maximum absolute atomic E-state index is 13.6. The van der Waals surface area contributed by atoms with Crippen molar-refractivity contribution in [1.82, 2.24) is 4.90 Å². The molecule has 2 rings (SSSR count). The van der Waals surface area contributed by atoms with E-state index in [-0.39, 0.29) is 11.9 Å². The molecule has 0 saturated heterocycles. The maximum atomic E-state index is 13.6. The molecular weight excluding hydrogens is 283 g/mol. The van der Waals surface area contributed by atoms with Gasteiger partial charge in [0.15, 0.2) is 0 Å². The summed E-state index contributed by atoms with van der Waals surface area (Å²) in [6, 6.07) is 6.08. The third-order valence-electron chi connectivity index (χ3n) is 3.33. The highest BCUT2D eigenvalue weighted by atomic mass is 79.9. The Morgan fingerprint density at radius 1 is 1.53 bits per heavy atom. The molecule has 0 spiro atoms. The van der Waals surface area contributed by atoms with Gasteiger partial charge in [-0.1, -0.05) is 13.0 Å². The van der Waals surface area contributed by atoms with E-state index >= 15 is 0 Å². The molecule has 1 atom stereocenters. The topological polar surface area (TPSA) is 29.3 Å². The summed E-state index contributed by atoms with van der Waals surface area (Å²) >= 11 is 3.18. The lowest BCUT2D eigenvalue weighted by atomic mass is 10.0. The molecule has 0 aliphatic heterocycles. The maximum Gasteiger partial charge on any atom is 0.137 e. The minimum atomic E-state index is -0.215. The van der Waals surface area contributed by atoms with Gasteiger partial charge >= 0.3 is 0 Å². The number of likely N-dealkylation sites (N-methyl/N-ethyl adjacent to an activating group) is 1. The van der Waals surface area contributed by atoms with Gasteiger partial charge in [-0.3, -0.25) is 4.90 Å². The normalized spacial score (nSPS) is 17.5. The van der Waals surface area contributed by atoms with Crippen molar-refractivity contribution in [3.63, 3.8) is 0 Å². The van der Waals surface area contributed by atoms with Crippen LogP contribution in [-0.2, 0) is 0 Å². The molecule has 4 heteroatoms.